The Morgan fingerprint density at radius 2 is 2.00 bits per heavy atom. The predicted molar refractivity (Wildman–Crippen MR) is 60.4 cm³/mol. The van der Waals surface area contributed by atoms with E-state index in [2.05, 4.69) is 32.0 Å². The topological polar surface area (TPSA) is 26.0 Å². The molecule has 1 aromatic rings. The van der Waals surface area contributed by atoms with E-state index in [0.29, 0.717) is 6.04 Å². The van der Waals surface area contributed by atoms with Gasteiger partial charge in [-0.1, -0.05) is 32.0 Å². The number of benzene rings is 1. The molecule has 0 aromatic heterocycles. The Bertz CT molecular complexity index is 328. The zero-order valence-electron chi connectivity index (χ0n) is 9.09. The van der Waals surface area contributed by atoms with Crippen LogP contribution in [-0.2, 0) is 19.3 Å². The van der Waals surface area contributed by atoms with Crippen molar-refractivity contribution in [2.24, 2.45) is 11.7 Å². The van der Waals surface area contributed by atoms with Crippen LogP contribution in [0.4, 0.5) is 0 Å². The lowest BCUT2D eigenvalue weighted by molar-refractivity contribution is 0.646. The molecule has 0 saturated heterocycles. The zero-order chi connectivity index (χ0) is 10.1. The van der Waals surface area contributed by atoms with Crippen molar-refractivity contribution in [3.8, 4) is 0 Å². The minimum absolute atomic E-state index is 0.360. The zero-order valence-corrected chi connectivity index (χ0v) is 9.09. The van der Waals surface area contributed by atoms with Gasteiger partial charge in [0.2, 0.25) is 0 Å². The lowest BCUT2D eigenvalue weighted by Gasteiger charge is -2.06. The molecule has 14 heavy (non-hydrogen) atoms. The molecule has 1 atom stereocenters. The summed E-state index contributed by atoms with van der Waals surface area (Å²) < 4.78 is 0. The SMILES string of the molecule is CC(C)Cc1ccc2c(c1)C[C@@H](N)C2. The van der Waals surface area contributed by atoms with Crippen molar-refractivity contribution in [3.63, 3.8) is 0 Å². The number of nitrogens with two attached hydrogens (primary N) is 1. The Morgan fingerprint density at radius 1 is 1.29 bits per heavy atom. The van der Waals surface area contributed by atoms with Crippen LogP contribution in [0.15, 0.2) is 18.2 Å². The maximum absolute atomic E-state index is 5.94. The van der Waals surface area contributed by atoms with Crippen LogP contribution in [0.5, 0.6) is 0 Å². The molecule has 0 bridgehead atoms. The van der Waals surface area contributed by atoms with E-state index in [1.807, 2.05) is 0 Å². The fourth-order valence-corrected chi connectivity index (χ4v) is 2.30. The molecule has 2 N–H and O–H groups in total. The standard InChI is InChI=1S/C13H19N/c1-9(2)5-10-3-4-11-7-13(14)8-12(11)6-10/h3-4,6,9,13H,5,7-8,14H2,1-2H3/t13-/m0/s1. The first kappa shape index (κ1) is 9.72. The van der Waals surface area contributed by atoms with Gasteiger partial charge >= 0.3 is 0 Å². The van der Waals surface area contributed by atoms with Gasteiger partial charge in [-0.3, -0.25) is 0 Å². The molecule has 2 rings (SSSR count). The summed E-state index contributed by atoms with van der Waals surface area (Å²) in [5.74, 6) is 0.739. The van der Waals surface area contributed by atoms with Crippen molar-refractivity contribution in [1.82, 2.24) is 0 Å². The van der Waals surface area contributed by atoms with Gasteiger partial charge in [0.25, 0.3) is 0 Å². The van der Waals surface area contributed by atoms with Crippen LogP contribution in [0.25, 0.3) is 0 Å². The molecule has 0 aliphatic heterocycles. The van der Waals surface area contributed by atoms with Crippen LogP contribution in [-0.4, -0.2) is 6.04 Å². The van der Waals surface area contributed by atoms with Gasteiger partial charge in [-0.15, -0.1) is 0 Å². The third-order valence-corrected chi connectivity index (χ3v) is 2.88. The van der Waals surface area contributed by atoms with Gasteiger partial charge in [0, 0.05) is 6.04 Å². The van der Waals surface area contributed by atoms with Crippen LogP contribution in [0.1, 0.15) is 30.5 Å². The molecule has 76 valence electrons. The second kappa shape index (κ2) is 3.74. The second-order valence-electron chi connectivity index (χ2n) is 4.87. The Labute approximate surface area is 86.3 Å². The Hall–Kier alpha value is -0.820. The molecule has 0 heterocycles. The summed E-state index contributed by atoms with van der Waals surface area (Å²) in [6.45, 7) is 4.53. The summed E-state index contributed by atoms with van der Waals surface area (Å²) in [4.78, 5) is 0. The first-order valence-electron chi connectivity index (χ1n) is 5.51. The van der Waals surface area contributed by atoms with Gasteiger partial charge in [0.05, 0.1) is 0 Å². The first-order valence-corrected chi connectivity index (χ1v) is 5.51. The largest absolute Gasteiger partial charge is 0.327 e. The van der Waals surface area contributed by atoms with Crippen molar-refractivity contribution >= 4 is 0 Å². The maximum Gasteiger partial charge on any atom is 0.0120 e. The maximum atomic E-state index is 5.94. The summed E-state index contributed by atoms with van der Waals surface area (Å²) >= 11 is 0. The Morgan fingerprint density at radius 3 is 2.71 bits per heavy atom. The molecule has 1 aliphatic carbocycles. The van der Waals surface area contributed by atoms with E-state index in [1.165, 1.54) is 23.1 Å². The molecule has 0 amide bonds. The average Bonchev–Trinajstić information content (AvgIpc) is 2.42. The summed E-state index contributed by atoms with van der Waals surface area (Å²) in [7, 11) is 0. The number of hydrogen-bond donors (Lipinski definition) is 1. The van der Waals surface area contributed by atoms with Gasteiger partial charge in [-0.05, 0) is 41.9 Å². The minimum atomic E-state index is 0.360. The molecule has 1 aliphatic rings. The van der Waals surface area contributed by atoms with E-state index in [1.54, 1.807) is 0 Å². The molecule has 0 spiro atoms. The Kier molecular flexibility index (Phi) is 2.60. The molecular formula is C13H19N. The summed E-state index contributed by atoms with van der Waals surface area (Å²) in [5.41, 5.74) is 10.3. The number of rotatable bonds is 2. The predicted octanol–water partition coefficient (Wildman–Crippen LogP) is 2.31. The highest BCUT2D eigenvalue weighted by molar-refractivity contribution is 5.37. The molecule has 1 nitrogen and oxygen atoms in total. The van der Waals surface area contributed by atoms with Crippen molar-refractivity contribution in [2.45, 2.75) is 39.2 Å². The van der Waals surface area contributed by atoms with Crippen molar-refractivity contribution in [2.75, 3.05) is 0 Å². The molecule has 0 fully saturated rings. The molecule has 0 radical (unpaired) electrons. The van der Waals surface area contributed by atoms with E-state index >= 15 is 0 Å². The summed E-state index contributed by atoms with van der Waals surface area (Å²) in [6, 6.07) is 7.23. The molecular weight excluding hydrogens is 170 g/mol. The summed E-state index contributed by atoms with van der Waals surface area (Å²) in [5, 5.41) is 0. The van der Waals surface area contributed by atoms with Crippen LogP contribution in [0.3, 0.4) is 0 Å². The van der Waals surface area contributed by atoms with Gasteiger partial charge in [0.15, 0.2) is 0 Å². The smallest absolute Gasteiger partial charge is 0.0120 e. The quantitative estimate of drug-likeness (QED) is 0.759. The van der Waals surface area contributed by atoms with Crippen LogP contribution < -0.4 is 5.73 Å². The second-order valence-corrected chi connectivity index (χ2v) is 4.87. The third-order valence-electron chi connectivity index (χ3n) is 2.88. The van der Waals surface area contributed by atoms with E-state index in [9.17, 15) is 0 Å². The molecule has 1 heteroatoms. The first-order chi connectivity index (χ1) is 6.65. The lowest BCUT2D eigenvalue weighted by Crippen LogP contribution is -2.18. The van der Waals surface area contributed by atoms with Crippen molar-refractivity contribution in [1.29, 1.82) is 0 Å². The summed E-state index contributed by atoms with van der Waals surface area (Å²) in [6.07, 6.45) is 3.32. The van der Waals surface area contributed by atoms with Gasteiger partial charge in [0.1, 0.15) is 0 Å². The van der Waals surface area contributed by atoms with Crippen LogP contribution in [0.2, 0.25) is 0 Å². The molecule has 0 unspecified atom stereocenters. The highest BCUT2D eigenvalue weighted by Gasteiger charge is 2.17. The van der Waals surface area contributed by atoms with Crippen molar-refractivity contribution in [3.05, 3.63) is 34.9 Å². The number of hydrogen-bond acceptors (Lipinski definition) is 1. The fraction of sp³-hybridized carbons (Fsp3) is 0.538. The molecule has 0 saturated carbocycles. The van der Waals surface area contributed by atoms with Gasteiger partial charge in [-0.25, -0.2) is 0 Å². The monoisotopic (exact) mass is 189 g/mol. The lowest BCUT2D eigenvalue weighted by atomic mass is 9.99. The van der Waals surface area contributed by atoms with E-state index in [0.717, 1.165) is 18.8 Å². The fourth-order valence-electron chi connectivity index (χ4n) is 2.30. The highest BCUT2D eigenvalue weighted by Crippen LogP contribution is 2.23. The number of fused-ring (bicyclic) bond motifs is 1. The van der Waals surface area contributed by atoms with Crippen LogP contribution in [0, 0.1) is 5.92 Å². The van der Waals surface area contributed by atoms with Gasteiger partial charge in [-0.2, -0.15) is 0 Å². The van der Waals surface area contributed by atoms with Crippen molar-refractivity contribution < 1.29 is 0 Å². The van der Waals surface area contributed by atoms with E-state index in [4.69, 9.17) is 5.73 Å². The van der Waals surface area contributed by atoms with E-state index in [-0.39, 0.29) is 0 Å². The Balaban J connectivity index is 2.20. The normalized spacial score (nSPS) is 20.1. The average molecular weight is 189 g/mol. The highest BCUT2D eigenvalue weighted by atomic mass is 14.6. The third kappa shape index (κ3) is 1.98. The minimum Gasteiger partial charge on any atom is -0.327 e. The van der Waals surface area contributed by atoms with E-state index < -0.39 is 0 Å². The van der Waals surface area contributed by atoms with Crippen LogP contribution >= 0.6 is 0 Å². The van der Waals surface area contributed by atoms with Gasteiger partial charge < -0.3 is 5.73 Å². The molecule has 1 aromatic carbocycles.